The minimum absolute atomic E-state index is 0.0289. The van der Waals surface area contributed by atoms with Crippen LogP contribution in [0.1, 0.15) is 27.6 Å². The van der Waals surface area contributed by atoms with Gasteiger partial charge >= 0.3 is 0 Å². The molecule has 1 aromatic heterocycles. The Morgan fingerprint density at radius 1 is 1.00 bits per heavy atom. The summed E-state index contributed by atoms with van der Waals surface area (Å²) in [5.74, 6) is 7.23. The number of nitrogens with two attached hydrogens (primary N) is 1. The van der Waals surface area contributed by atoms with Crippen molar-refractivity contribution in [3.63, 3.8) is 0 Å². The van der Waals surface area contributed by atoms with Crippen LogP contribution in [0.5, 0.6) is 0 Å². The lowest BCUT2D eigenvalue weighted by molar-refractivity contribution is -0.652. The number of aryl methyl sites for hydroxylation is 2. The topological polar surface area (TPSA) is 119 Å². The summed E-state index contributed by atoms with van der Waals surface area (Å²) in [5.41, 5.74) is 1.83. The zero-order chi connectivity index (χ0) is 23.5. The van der Waals surface area contributed by atoms with E-state index in [-0.39, 0.29) is 17.2 Å². The number of fused-ring (bicyclic) bond motifs is 1. The highest BCUT2D eigenvalue weighted by molar-refractivity contribution is 7.85. The third-order valence-corrected chi connectivity index (χ3v) is 5.87. The number of nitrogen functional groups attached to an aromatic ring is 1. The molecule has 4 aromatic rings. The number of aromatic nitrogens is 3. The molecule has 0 amide bonds. The summed E-state index contributed by atoms with van der Waals surface area (Å²) in [6.45, 7) is 5.84. The Bertz CT molecular complexity index is 1380. The Hall–Kier alpha value is -3.56. The van der Waals surface area contributed by atoms with Gasteiger partial charge in [-0.2, -0.15) is 8.42 Å². The normalized spacial score (nSPS) is 11.1. The minimum atomic E-state index is -4.09. The Labute approximate surface area is 186 Å². The second kappa shape index (κ2) is 9.29. The van der Waals surface area contributed by atoms with Gasteiger partial charge in [0.15, 0.2) is 12.3 Å². The average Bonchev–Trinajstić information content (AvgIpc) is 3.00. The van der Waals surface area contributed by atoms with E-state index in [0.717, 1.165) is 22.2 Å². The Morgan fingerprint density at radius 2 is 1.62 bits per heavy atom. The number of benzene rings is 3. The van der Waals surface area contributed by atoms with Crippen molar-refractivity contribution >= 4 is 26.7 Å². The predicted molar refractivity (Wildman–Crippen MR) is 121 cm³/mol. The molecule has 0 fully saturated rings. The molecule has 4 rings (SSSR count). The number of Topliss-reactive ketones (excluding diaryl/α,β-unsaturated/α-hetero) is 1. The van der Waals surface area contributed by atoms with Crippen molar-refractivity contribution in [1.82, 2.24) is 9.78 Å². The van der Waals surface area contributed by atoms with Crippen molar-refractivity contribution in [1.29, 1.82) is 0 Å². The van der Waals surface area contributed by atoms with Crippen LogP contribution >= 0.6 is 0 Å². The van der Waals surface area contributed by atoms with Gasteiger partial charge in [-0.1, -0.05) is 60.2 Å². The second-order valence-corrected chi connectivity index (χ2v) is 8.82. The summed E-state index contributed by atoms with van der Waals surface area (Å²) >= 11 is 0. The van der Waals surface area contributed by atoms with Crippen molar-refractivity contribution in [3.8, 4) is 0 Å². The fourth-order valence-electron chi connectivity index (χ4n) is 3.10. The van der Waals surface area contributed by atoms with Gasteiger partial charge in [0.25, 0.3) is 21.8 Å². The highest BCUT2D eigenvalue weighted by Gasteiger charge is 2.20. The number of carbonyl (C=O) groups excluding carboxylic acids is 1. The first-order valence-corrected chi connectivity index (χ1v) is 11.3. The number of nitrogens with zero attached hydrogens (tertiary/aromatic N) is 3. The monoisotopic (exact) mass is 453 g/mol. The van der Waals surface area contributed by atoms with Crippen molar-refractivity contribution in [2.45, 2.75) is 32.2 Å². The Kier molecular flexibility index (Phi) is 6.71. The van der Waals surface area contributed by atoms with E-state index in [0.29, 0.717) is 11.4 Å². The largest absolute Gasteiger partial charge is 0.295 e. The van der Waals surface area contributed by atoms with Gasteiger partial charge in [0, 0.05) is 24.5 Å². The third-order valence-electron chi connectivity index (χ3n) is 5.02. The van der Waals surface area contributed by atoms with Crippen LogP contribution in [0.15, 0.2) is 71.6 Å². The highest BCUT2D eigenvalue weighted by atomic mass is 32.2. The number of ketones is 1. The first-order chi connectivity index (χ1) is 15.1. The van der Waals surface area contributed by atoms with Crippen LogP contribution in [0.2, 0.25) is 0 Å². The van der Waals surface area contributed by atoms with E-state index in [1.54, 1.807) is 23.7 Å². The number of hydrogen-bond acceptors (Lipinski definition) is 5. The average molecular weight is 454 g/mol. The van der Waals surface area contributed by atoms with Crippen LogP contribution in [0.25, 0.3) is 10.8 Å². The molecule has 0 atom stereocenters. The van der Waals surface area contributed by atoms with E-state index in [2.05, 4.69) is 5.10 Å². The fraction of sp³-hybridized carbons (Fsp3) is 0.174. The zero-order valence-corrected chi connectivity index (χ0v) is 18.9. The van der Waals surface area contributed by atoms with Gasteiger partial charge in [0.1, 0.15) is 0 Å². The first kappa shape index (κ1) is 23.1. The number of carbonyl (C=O) groups is 1. The molecule has 0 bridgehead atoms. The lowest BCUT2D eigenvalue weighted by Gasteiger charge is -1.99. The van der Waals surface area contributed by atoms with Crippen LogP contribution < -0.4 is 10.5 Å². The molecule has 8 nitrogen and oxygen atoms in total. The maximum atomic E-state index is 12.1. The number of hydrogen-bond donors (Lipinski definition) is 2. The molecule has 0 saturated carbocycles. The molecule has 0 unspecified atom stereocenters. The maximum absolute atomic E-state index is 12.1. The van der Waals surface area contributed by atoms with E-state index >= 15 is 0 Å². The molecule has 0 saturated heterocycles. The Balaban J connectivity index is 0.000000186. The van der Waals surface area contributed by atoms with E-state index in [4.69, 9.17) is 10.4 Å². The Morgan fingerprint density at radius 3 is 2.19 bits per heavy atom. The van der Waals surface area contributed by atoms with Crippen molar-refractivity contribution in [3.05, 3.63) is 89.5 Å². The van der Waals surface area contributed by atoms with Crippen LogP contribution in [0.3, 0.4) is 0 Å². The first-order valence-electron chi connectivity index (χ1n) is 9.83. The van der Waals surface area contributed by atoms with Crippen molar-refractivity contribution in [2.24, 2.45) is 0 Å². The van der Waals surface area contributed by atoms with Crippen LogP contribution in [-0.2, 0) is 16.7 Å². The smallest absolute Gasteiger partial charge is 0.290 e. The van der Waals surface area contributed by atoms with E-state index < -0.39 is 10.1 Å². The molecule has 32 heavy (non-hydrogen) atoms. The fourth-order valence-corrected chi connectivity index (χ4v) is 3.61. The molecule has 0 aliphatic rings. The molecule has 3 N–H and O–H groups in total. The molecule has 1 heterocycles. The van der Waals surface area contributed by atoms with Gasteiger partial charge in [0.05, 0.1) is 4.90 Å². The van der Waals surface area contributed by atoms with E-state index in [1.165, 1.54) is 16.8 Å². The maximum Gasteiger partial charge on any atom is 0.295 e. The van der Waals surface area contributed by atoms with Crippen molar-refractivity contribution in [2.75, 3.05) is 5.84 Å². The second-order valence-electron chi connectivity index (χ2n) is 7.40. The minimum Gasteiger partial charge on any atom is -0.290 e. The summed E-state index contributed by atoms with van der Waals surface area (Å²) in [4.78, 5) is 12.0. The lowest BCUT2D eigenvalue weighted by atomic mass is 10.1. The van der Waals surface area contributed by atoms with Gasteiger partial charge in [0.2, 0.25) is 0 Å². The predicted octanol–water partition coefficient (Wildman–Crippen LogP) is 2.78. The molecule has 0 aliphatic carbocycles. The molecule has 0 aliphatic heterocycles. The molecule has 9 heteroatoms. The summed E-state index contributed by atoms with van der Waals surface area (Å²) in [5, 5.41) is 5.97. The van der Waals surface area contributed by atoms with Crippen molar-refractivity contribution < 1.29 is 22.4 Å². The molecular weight excluding hydrogens is 428 g/mol. The molecule has 166 valence electrons. The molecule has 3 aromatic carbocycles. The third kappa shape index (κ3) is 5.37. The SMILES string of the molecule is Cc1ccc(C(=O)Cn2nc(C)[n+](N)c2C)cc1.O=S(=O)(O)c1ccc2ccccc2c1. The van der Waals surface area contributed by atoms with Gasteiger partial charge in [-0.15, -0.1) is 9.36 Å². The molecular formula is C23H25N4O4S+. The molecule has 0 radical (unpaired) electrons. The summed E-state index contributed by atoms with van der Waals surface area (Å²) < 4.78 is 33.6. The van der Waals surface area contributed by atoms with Crippen LogP contribution in [0.4, 0.5) is 0 Å². The quantitative estimate of drug-likeness (QED) is 0.212. The van der Waals surface area contributed by atoms with E-state index in [1.807, 2.05) is 56.3 Å². The highest BCUT2D eigenvalue weighted by Crippen LogP contribution is 2.18. The summed E-state index contributed by atoms with van der Waals surface area (Å²) in [6, 6.07) is 19.4. The van der Waals surface area contributed by atoms with Gasteiger partial charge < -0.3 is 0 Å². The van der Waals surface area contributed by atoms with Gasteiger partial charge in [-0.3, -0.25) is 15.2 Å². The lowest BCUT2D eigenvalue weighted by Crippen LogP contribution is -2.48. The molecule has 0 spiro atoms. The summed E-state index contributed by atoms with van der Waals surface area (Å²) in [6.07, 6.45) is 0. The standard InChI is InChI=1S/C13H17N4O.C10H8O3S/c1-9-4-6-12(7-5-9)13(18)8-16-11(3)17(14)10(2)15-16;11-14(12,13)10-6-5-8-3-1-2-4-9(8)7-10/h4-7H,8,14H2,1-3H3;1-7H,(H,11,12,13)/q+1;. The van der Waals surface area contributed by atoms with Gasteiger partial charge in [-0.05, 0) is 29.8 Å². The number of rotatable bonds is 4. The van der Waals surface area contributed by atoms with Crippen LogP contribution in [-0.4, -0.2) is 28.5 Å². The zero-order valence-electron chi connectivity index (χ0n) is 18.1. The van der Waals surface area contributed by atoms with E-state index in [9.17, 15) is 13.2 Å². The summed E-state index contributed by atoms with van der Waals surface area (Å²) in [7, 11) is -4.09. The van der Waals surface area contributed by atoms with Crippen LogP contribution in [0, 0.1) is 20.8 Å². The van der Waals surface area contributed by atoms with Gasteiger partial charge in [-0.25, -0.2) is 0 Å².